The van der Waals surface area contributed by atoms with Gasteiger partial charge in [-0.15, -0.1) is 0 Å². The Morgan fingerprint density at radius 3 is 2.50 bits per heavy atom. The molecule has 0 saturated carbocycles. The van der Waals surface area contributed by atoms with E-state index in [1.54, 1.807) is 0 Å². The molecular formula is C15H22N2O4S. The zero-order valence-electron chi connectivity index (χ0n) is 12.7. The molecule has 1 atom stereocenters. The molecule has 1 amide bonds. The van der Waals surface area contributed by atoms with Crippen LogP contribution in [0, 0.1) is 0 Å². The predicted octanol–water partition coefficient (Wildman–Crippen LogP) is 0.997. The number of hydrogen-bond donors (Lipinski definition) is 1. The van der Waals surface area contributed by atoms with Gasteiger partial charge in [0.2, 0.25) is 5.91 Å². The van der Waals surface area contributed by atoms with Crippen molar-refractivity contribution in [3.8, 4) is 0 Å². The molecular weight excluding hydrogens is 304 g/mol. The van der Waals surface area contributed by atoms with E-state index in [4.69, 9.17) is 4.55 Å². The molecule has 0 spiro atoms. The highest BCUT2D eigenvalue weighted by molar-refractivity contribution is 7.85. The quantitative estimate of drug-likeness (QED) is 0.820. The highest BCUT2D eigenvalue weighted by Gasteiger charge is 2.35. The maximum atomic E-state index is 11.6. The van der Waals surface area contributed by atoms with Gasteiger partial charge >= 0.3 is 0 Å². The van der Waals surface area contributed by atoms with Crippen molar-refractivity contribution < 1.29 is 17.8 Å². The van der Waals surface area contributed by atoms with Crippen molar-refractivity contribution in [1.82, 2.24) is 9.80 Å². The summed E-state index contributed by atoms with van der Waals surface area (Å²) in [6, 6.07) is 11.0. The Morgan fingerprint density at radius 1 is 1.23 bits per heavy atom. The van der Waals surface area contributed by atoms with Crippen LogP contribution in [-0.2, 0) is 21.5 Å². The largest absolute Gasteiger partial charge is 0.337 e. The van der Waals surface area contributed by atoms with Crippen LogP contribution in [0.5, 0.6) is 0 Å². The van der Waals surface area contributed by atoms with Gasteiger partial charge in [0.25, 0.3) is 10.1 Å². The molecule has 2 saturated heterocycles. The molecule has 2 aliphatic heterocycles. The lowest BCUT2D eigenvalue weighted by Crippen LogP contribution is -2.50. The number of piperazine rings is 1. The molecule has 0 radical (unpaired) electrons. The monoisotopic (exact) mass is 326 g/mol. The van der Waals surface area contributed by atoms with Crippen LogP contribution < -0.4 is 0 Å². The Morgan fingerprint density at radius 2 is 1.86 bits per heavy atom. The lowest BCUT2D eigenvalue weighted by atomic mass is 10.1. The Balaban J connectivity index is 0.000000309. The summed E-state index contributed by atoms with van der Waals surface area (Å²) in [5.41, 5.74) is 1.37. The van der Waals surface area contributed by atoms with Crippen LogP contribution in [0.25, 0.3) is 0 Å². The van der Waals surface area contributed by atoms with Gasteiger partial charge in [0.05, 0.1) is 6.26 Å². The van der Waals surface area contributed by atoms with Crippen molar-refractivity contribution >= 4 is 16.0 Å². The molecule has 0 aliphatic carbocycles. The second kappa shape index (κ2) is 7.21. The fourth-order valence-electron chi connectivity index (χ4n) is 2.91. The molecule has 1 aromatic carbocycles. The summed E-state index contributed by atoms with van der Waals surface area (Å²) < 4.78 is 25.9. The number of hydrogen-bond acceptors (Lipinski definition) is 4. The first-order valence-electron chi connectivity index (χ1n) is 7.31. The number of nitrogens with zero attached hydrogens (tertiary/aromatic N) is 2. The summed E-state index contributed by atoms with van der Waals surface area (Å²) in [5, 5.41) is 0. The number of benzene rings is 1. The van der Waals surface area contributed by atoms with Crippen LogP contribution in [0.3, 0.4) is 0 Å². The van der Waals surface area contributed by atoms with E-state index in [0.717, 1.165) is 39.0 Å². The van der Waals surface area contributed by atoms with E-state index in [2.05, 4.69) is 40.1 Å². The normalized spacial score (nSPS) is 22.0. The second-order valence-electron chi connectivity index (χ2n) is 5.73. The summed E-state index contributed by atoms with van der Waals surface area (Å²) in [7, 11) is -3.67. The first-order valence-corrected chi connectivity index (χ1v) is 9.16. The average molecular weight is 326 g/mol. The van der Waals surface area contributed by atoms with E-state index in [1.165, 1.54) is 5.56 Å². The van der Waals surface area contributed by atoms with Crippen molar-refractivity contribution in [3.63, 3.8) is 0 Å². The molecule has 0 bridgehead atoms. The number of amides is 1. The van der Waals surface area contributed by atoms with E-state index < -0.39 is 10.1 Å². The summed E-state index contributed by atoms with van der Waals surface area (Å²) in [6.45, 7) is 3.98. The SMILES string of the molecule is CS(=O)(=O)O.O=C1CC[C@H]2CN(Cc3ccccc3)CCN12. The summed E-state index contributed by atoms with van der Waals surface area (Å²) in [5.74, 6) is 0.356. The second-order valence-corrected chi connectivity index (χ2v) is 7.20. The Labute approximate surface area is 131 Å². The van der Waals surface area contributed by atoms with Gasteiger partial charge in [0.15, 0.2) is 0 Å². The average Bonchev–Trinajstić information content (AvgIpc) is 2.79. The zero-order chi connectivity index (χ0) is 16.2. The van der Waals surface area contributed by atoms with Gasteiger partial charge in [0, 0.05) is 38.6 Å². The van der Waals surface area contributed by atoms with E-state index in [-0.39, 0.29) is 0 Å². The van der Waals surface area contributed by atoms with E-state index in [1.807, 2.05) is 0 Å². The molecule has 122 valence electrons. The Kier molecular flexibility index (Phi) is 5.55. The topological polar surface area (TPSA) is 77.9 Å². The number of fused-ring (bicyclic) bond motifs is 1. The number of rotatable bonds is 2. The molecule has 0 unspecified atom stereocenters. The molecule has 1 N–H and O–H groups in total. The van der Waals surface area contributed by atoms with Crippen LogP contribution in [0.1, 0.15) is 18.4 Å². The molecule has 0 aromatic heterocycles. The van der Waals surface area contributed by atoms with Crippen molar-refractivity contribution in [1.29, 1.82) is 0 Å². The minimum Gasteiger partial charge on any atom is -0.337 e. The van der Waals surface area contributed by atoms with Gasteiger partial charge in [-0.25, -0.2) is 0 Å². The fourth-order valence-corrected chi connectivity index (χ4v) is 2.91. The molecule has 22 heavy (non-hydrogen) atoms. The Hall–Kier alpha value is -1.44. The van der Waals surface area contributed by atoms with E-state index in [0.29, 0.717) is 18.2 Å². The summed E-state index contributed by atoms with van der Waals surface area (Å²) in [6.07, 6.45) is 2.51. The van der Waals surface area contributed by atoms with Gasteiger partial charge in [-0.1, -0.05) is 30.3 Å². The third-order valence-corrected chi connectivity index (χ3v) is 3.83. The van der Waals surface area contributed by atoms with Gasteiger partial charge < -0.3 is 4.90 Å². The fraction of sp³-hybridized carbons (Fsp3) is 0.533. The van der Waals surface area contributed by atoms with Crippen LogP contribution in [0.2, 0.25) is 0 Å². The van der Waals surface area contributed by atoms with E-state index in [9.17, 15) is 13.2 Å². The molecule has 2 fully saturated rings. The molecule has 7 heteroatoms. The first-order chi connectivity index (χ1) is 10.3. The van der Waals surface area contributed by atoms with Gasteiger partial charge in [-0.2, -0.15) is 8.42 Å². The minimum absolute atomic E-state index is 0.356. The smallest absolute Gasteiger partial charge is 0.261 e. The third-order valence-electron chi connectivity index (χ3n) is 3.83. The van der Waals surface area contributed by atoms with Crippen LogP contribution >= 0.6 is 0 Å². The molecule has 6 nitrogen and oxygen atoms in total. The molecule has 2 heterocycles. The van der Waals surface area contributed by atoms with Crippen LogP contribution in [0.15, 0.2) is 30.3 Å². The molecule has 3 rings (SSSR count). The van der Waals surface area contributed by atoms with Gasteiger partial charge in [0.1, 0.15) is 0 Å². The van der Waals surface area contributed by atoms with Gasteiger partial charge in [-0.3, -0.25) is 14.2 Å². The Bertz CT molecular complexity index is 595. The third kappa shape index (κ3) is 5.40. The molecule has 1 aromatic rings. The summed E-state index contributed by atoms with van der Waals surface area (Å²) in [4.78, 5) is 16.1. The lowest BCUT2D eigenvalue weighted by Gasteiger charge is -2.37. The van der Waals surface area contributed by atoms with Crippen molar-refractivity contribution in [2.75, 3.05) is 25.9 Å². The minimum atomic E-state index is -3.67. The predicted molar refractivity (Wildman–Crippen MR) is 83.9 cm³/mol. The maximum absolute atomic E-state index is 11.6. The highest BCUT2D eigenvalue weighted by atomic mass is 32.2. The number of carbonyl (C=O) groups is 1. The maximum Gasteiger partial charge on any atom is 0.261 e. The van der Waals surface area contributed by atoms with Crippen molar-refractivity contribution in [2.45, 2.75) is 25.4 Å². The van der Waals surface area contributed by atoms with Crippen molar-refractivity contribution in [3.05, 3.63) is 35.9 Å². The van der Waals surface area contributed by atoms with Crippen molar-refractivity contribution in [2.24, 2.45) is 0 Å². The zero-order valence-corrected chi connectivity index (χ0v) is 13.5. The lowest BCUT2D eigenvalue weighted by molar-refractivity contribution is -0.130. The summed E-state index contributed by atoms with van der Waals surface area (Å²) >= 11 is 0. The molecule has 2 aliphatic rings. The number of carbonyl (C=O) groups excluding carboxylic acids is 1. The van der Waals surface area contributed by atoms with E-state index >= 15 is 0 Å². The standard InChI is InChI=1S/C14H18N2O.CH4O3S/c17-14-7-6-13-11-15(8-9-16(13)14)10-12-4-2-1-3-5-12;1-5(2,3)4/h1-5,13H,6-11H2;1H3,(H,2,3,4)/t13-;/m0./s1. The first kappa shape index (κ1) is 16.9. The highest BCUT2D eigenvalue weighted by Crippen LogP contribution is 2.23. The van der Waals surface area contributed by atoms with Crippen LogP contribution in [-0.4, -0.2) is 60.6 Å². The van der Waals surface area contributed by atoms with Crippen LogP contribution in [0.4, 0.5) is 0 Å². The van der Waals surface area contributed by atoms with Gasteiger partial charge in [-0.05, 0) is 12.0 Å².